The normalized spacial score (nSPS) is 15.9. The summed E-state index contributed by atoms with van der Waals surface area (Å²) in [6.45, 7) is 4.29. The topological polar surface area (TPSA) is 49.8 Å². The summed E-state index contributed by atoms with van der Waals surface area (Å²) in [5.41, 5.74) is 2.15. The van der Waals surface area contributed by atoms with Crippen molar-refractivity contribution in [2.45, 2.75) is 32.2 Å². The van der Waals surface area contributed by atoms with E-state index in [2.05, 4.69) is 40.7 Å². The lowest BCUT2D eigenvalue weighted by Crippen LogP contribution is -2.35. The van der Waals surface area contributed by atoms with Crippen LogP contribution in [0.15, 0.2) is 36.4 Å². The lowest BCUT2D eigenvalue weighted by Gasteiger charge is -2.24. The molecule has 1 aromatic heterocycles. The molecule has 1 aliphatic heterocycles. The van der Waals surface area contributed by atoms with Gasteiger partial charge < -0.3 is 10.6 Å². The van der Waals surface area contributed by atoms with Gasteiger partial charge in [0.1, 0.15) is 5.82 Å². The minimum absolute atomic E-state index is 0.509. The van der Waals surface area contributed by atoms with Crippen molar-refractivity contribution in [2.75, 3.05) is 18.4 Å². The number of anilines is 1. The maximum Gasteiger partial charge on any atom is 0.161 e. The summed E-state index contributed by atoms with van der Waals surface area (Å²) in [6, 6.07) is 12.8. The zero-order chi connectivity index (χ0) is 14.5. The van der Waals surface area contributed by atoms with Gasteiger partial charge in [-0.3, -0.25) is 0 Å². The molecule has 2 aromatic rings. The first-order chi connectivity index (χ1) is 10.3. The molecule has 0 spiro atoms. The Balaban J connectivity index is 1.86. The third kappa shape index (κ3) is 3.58. The standard InChI is InChI=1S/C17H22N4/c1-2-14-12-16(19-15-8-10-18-11-9-15)21-17(20-14)13-6-4-3-5-7-13/h3-7,12,15,18H,2,8-11H2,1H3,(H,19,20,21). The molecule has 2 N–H and O–H groups in total. The molecule has 1 saturated heterocycles. The molecular weight excluding hydrogens is 260 g/mol. The van der Waals surface area contributed by atoms with Crippen LogP contribution in [0.5, 0.6) is 0 Å². The highest BCUT2D eigenvalue weighted by Gasteiger charge is 2.14. The van der Waals surface area contributed by atoms with Gasteiger partial charge in [-0.2, -0.15) is 0 Å². The quantitative estimate of drug-likeness (QED) is 0.905. The van der Waals surface area contributed by atoms with E-state index in [0.29, 0.717) is 6.04 Å². The summed E-state index contributed by atoms with van der Waals surface area (Å²) in [6.07, 6.45) is 3.21. The van der Waals surface area contributed by atoms with Crippen molar-refractivity contribution in [3.05, 3.63) is 42.1 Å². The summed E-state index contributed by atoms with van der Waals surface area (Å²) in [4.78, 5) is 9.35. The Morgan fingerprint density at radius 2 is 1.90 bits per heavy atom. The van der Waals surface area contributed by atoms with Gasteiger partial charge in [0.25, 0.3) is 0 Å². The van der Waals surface area contributed by atoms with Gasteiger partial charge in [0.2, 0.25) is 0 Å². The van der Waals surface area contributed by atoms with Crippen molar-refractivity contribution in [1.82, 2.24) is 15.3 Å². The van der Waals surface area contributed by atoms with Crippen LogP contribution in [0.4, 0.5) is 5.82 Å². The third-order valence-electron chi connectivity index (χ3n) is 3.86. The van der Waals surface area contributed by atoms with Gasteiger partial charge in [0.15, 0.2) is 5.82 Å². The largest absolute Gasteiger partial charge is 0.367 e. The average Bonchev–Trinajstić information content (AvgIpc) is 2.56. The van der Waals surface area contributed by atoms with Gasteiger partial charge in [-0.05, 0) is 32.4 Å². The fourth-order valence-electron chi connectivity index (χ4n) is 2.64. The monoisotopic (exact) mass is 282 g/mol. The number of piperidine rings is 1. The fourth-order valence-corrected chi connectivity index (χ4v) is 2.64. The number of hydrogen-bond donors (Lipinski definition) is 2. The summed E-state index contributed by atoms with van der Waals surface area (Å²) in [7, 11) is 0. The van der Waals surface area contributed by atoms with Crippen molar-refractivity contribution in [1.29, 1.82) is 0 Å². The zero-order valence-corrected chi connectivity index (χ0v) is 12.5. The first-order valence-electron chi connectivity index (χ1n) is 7.76. The summed E-state index contributed by atoms with van der Waals surface area (Å²) >= 11 is 0. The molecule has 0 unspecified atom stereocenters. The fraction of sp³-hybridized carbons (Fsp3) is 0.412. The van der Waals surface area contributed by atoms with E-state index in [9.17, 15) is 0 Å². The van der Waals surface area contributed by atoms with Gasteiger partial charge in [0.05, 0.1) is 0 Å². The van der Waals surface area contributed by atoms with Gasteiger partial charge in [0, 0.05) is 23.4 Å². The van der Waals surface area contributed by atoms with Crippen LogP contribution in [0.3, 0.4) is 0 Å². The number of hydrogen-bond acceptors (Lipinski definition) is 4. The molecule has 3 rings (SSSR count). The second kappa shape index (κ2) is 6.68. The highest BCUT2D eigenvalue weighted by atomic mass is 15.1. The number of nitrogens with one attached hydrogen (secondary N) is 2. The Morgan fingerprint density at radius 1 is 1.14 bits per heavy atom. The molecule has 1 aromatic carbocycles. The number of benzene rings is 1. The maximum absolute atomic E-state index is 4.70. The van der Waals surface area contributed by atoms with E-state index in [4.69, 9.17) is 4.98 Å². The number of nitrogens with zero attached hydrogens (tertiary/aromatic N) is 2. The molecule has 2 heterocycles. The van der Waals surface area contributed by atoms with E-state index in [0.717, 1.165) is 55.3 Å². The first kappa shape index (κ1) is 14.0. The predicted octanol–water partition coefficient (Wildman–Crippen LogP) is 2.87. The van der Waals surface area contributed by atoms with Gasteiger partial charge in [-0.1, -0.05) is 37.3 Å². The molecule has 4 heteroatoms. The molecule has 1 fully saturated rings. The highest BCUT2D eigenvalue weighted by molar-refractivity contribution is 5.57. The molecule has 0 aliphatic carbocycles. The molecule has 0 radical (unpaired) electrons. The molecule has 4 nitrogen and oxygen atoms in total. The maximum atomic E-state index is 4.70. The Kier molecular flexibility index (Phi) is 4.46. The number of rotatable bonds is 4. The summed E-state index contributed by atoms with van der Waals surface area (Å²) in [5, 5.41) is 6.96. The van der Waals surface area contributed by atoms with Crippen LogP contribution in [-0.2, 0) is 6.42 Å². The van der Waals surface area contributed by atoms with Crippen LogP contribution in [0.2, 0.25) is 0 Å². The van der Waals surface area contributed by atoms with E-state index < -0.39 is 0 Å². The van der Waals surface area contributed by atoms with E-state index in [1.54, 1.807) is 0 Å². The van der Waals surface area contributed by atoms with Crippen LogP contribution in [0, 0.1) is 0 Å². The molecule has 110 valence electrons. The summed E-state index contributed by atoms with van der Waals surface area (Å²) < 4.78 is 0. The second-order valence-electron chi connectivity index (χ2n) is 5.46. The molecule has 0 saturated carbocycles. The molecule has 0 atom stereocenters. The predicted molar refractivity (Wildman–Crippen MR) is 86.4 cm³/mol. The first-order valence-corrected chi connectivity index (χ1v) is 7.76. The Bertz CT molecular complexity index is 577. The van der Waals surface area contributed by atoms with Gasteiger partial charge >= 0.3 is 0 Å². The van der Waals surface area contributed by atoms with Crippen molar-refractivity contribution in [3.63, 3.8) is 0 Å². The Morgan fingerprint density at radius 3 is 2.62 bits per heavy atom. The van der Waals surface area contributed by atoms with E-state index in [1.165, 1.54) is 0 Å². The van der Waals surface area contributed by atoms with Crippen LogP contribution < -0.4 is 10.6 Å². The Labute approximate surface area is 126 Å². The van der Waals surface area contributed by atoms with Gasteiger partial charge in [-0.15, -0.1) is 0 Å². The van der Waals surface area contributed by atoms with Crippen molar-refractivity contribution < 1.29 is 0 Å². The molecule has 21 heavy (non-hydrogen) atoms. The SMILES string of the molecule is CCc1cc(NC2CCNCC2)nc(-c2ccccc2)n1. The smallest absolute Gasteiger partial charge is 0.161 e. The second-order valence-corrected chi connectivity index (χ2v) is 5.46. The summed E-state index contributed by atoms with van der Waals surface area (Å²) in [5.74, 6) is 1.76. The molecule has 0 amide bonds. The van der Waals surface area contributed by atoms with Crippen LogP contribution in [-0.4, -0.2) is 29.1 Å². The zero-order valence-electron chi connectivity index (χ0n) is 12.5. The minimum atomic E-state index is 0.509. The molecule has 0 bridgehead atoms. The number of aryl methyl sites for hydroxylation is 1. The van der Waals surface area contributed by atoms with Crippen LogP contribution in [0.25, 0.3) is 11.4 Å². The van der Waals surface area contributed by atoms with Crippen LogP contribution in [0.1, 0.15) is 25.5 Å². The minimum Gasteiger partial charge on any atom is -0.367 e. The molecular formula is C17H22N4. The lowest BCUT2D eigenvalue weighted by molar-refractivity contribution is 0.478. The highest BCUT2D eigenvalue weighted by Crippen LogP contribution is 2.19. The van der Waals surface area contributed by atoms with E-state index >= 15 is 0 Å². The van der Waals surface area contributed by atoms with E-state index in [1.807, 2.05) is 18.2 Å². The van der Waals surface area contributed by atoms with Crippen LogP contribution >= 0.6 is 0 Å². The molecule has 1 aliphatic rings. The number of aromatic nitrogens is 2. The van der Waals surface area contributed by atoms with Crippen molar-refractivity contribution in [3.8, 4) is 11.4 Å². The average molecular weight is 282 g/mol. The van der Waals surface area contributed by atoms with Crippen molar-refractivity contribution >= 4 is 5.82 Å². The lowest BCUT2D eigenvalue weighted by atomic mass is 10.1. The van der Waals surface area contributed by atoms with Crippen molar-refractivity contribution in [2.24, 2.45) is 0 Å². The van der Waals surface area contributed by atoms with E-state index in [-0.39, 0.29) is 0 Å². The van der Waals surface area contributed by atoms with Gasteiger partial charge in [-0.25, -0.2) is 9.97 Å². The third-order valence-corrected chi connectivity index (χ3v) is 3.86. The Hall–Kier alpha value is -1.94.